The van der Waals surface area contributed by atoms with Crippen LogP contribution in [0.5, 0.6) is 0 Å². The van der Waals surface area contributed by atoms with Crippen LogP contribution < -0.4 is 10.2 Å². The summed E-state index contributed by atoms with van der Waals surface area (Å²) in [6, 6.07) is 6.56. The van der Waals surface area contributed by atoms with Crippen molar-refractivity contribution >= 4 is 23.0 Å². The minimum Gasteiger partial charge on any atom is -0.383 e. The summed E-state index contributed by atoms with van der Waals surface area (Å²) in [5.74, 6) is 0.556. The standard InChI is InChI=1S/C14H19ClN2O/c1-2-6-17-13-9-18-8-10(13)7-16-12-5-3-4-11(15)14(12)17/h3-5,10,13,16H,2,6-9H2,1H3. The van der Waals surface area contributed by atoms with Gasteiger partial charge in [-0.15, -0.1) is 0 Å². The fraction of sp³-hybridized carbons (Fsp3) is 0.571. The molecule has 98 valence electrons. The number of halogens is 1. The van der Waals surface area contributed by atoms with E-state index in [1.807, 2.05) is 12.1 Å². The lowest BCUT2D eigenvalue weighted by molar-refractivity contribution is 0.185. The van der Waals surface area contributed by atoms with Crippen molar-refractivity contribution in [1.82, 2.24) is 0 Å². The predicted octanol–water partition coefficient (Wildman–Crippen LogP) is 3.00. The van der Waals surface area contributed by atoms with Crippen molar-refractivity contribution < 1.29 is 4.74 Å². The topological polar surface area (TPSA) is 24.5 Å². The zero-order chi connectivity index (χ0) is 12.5. The van der Waals surface area contributed by atoms with E-state index >= 15 is 0 Å². The quantitative estimate of drug-likeness (QED) is 0.891. The summed E-state index contributed by atoms with van der Waals surface area (Å²) in [7, 11) is 0. The third-order valence-corrected chi connectivity index (χ3v) is 4.16. The van der Waals surface area contributed by atoms with Gasteiger partial charge in [0.1, 0.15) is 0 Å². The molecular weight excluding hydrogens is 248 g/mol. The number of hydrogen-bond acceptors (Lipinski definition) is 3. The SMILES string of the molecule is CCCN1c2c(Cl)cccc2NCC2COCC21. The molecule has 1 aromatic carbocycles. The van der Waals surface area contributed by atoms with Crippen molar-refractivity contribution in [1.29, 1.82) is 0 Å². The average molecular weight is 267 g/mol. The molecule has 1 saturated heterocycles. The van der Waals surface area contributed by atoms with Crippen LogP contribution in [0.15, 0.2) is 18.2 Å². The molecule has 4 heteroatoms. The molecule has 2 atom stereocenters. The highest BCUT2D eigenvalue weighted by molar-refractivity contribution is 6.34. The smallest absolute Gasteiger partial charge is 0.0794 e. The highest BCUT2D eigenvalue weighted by atomic mass is 35.5. The van der Waals surface area contributed by atoms with E-state index in [1.54, 1.807) is 0 Å². The Morgan fingerprint density at radius 2 is 2.33 bits per heavy atom. The molecule has 0 aromatic heterocycles. The molecule has 1 N–H and O–H groups in total. The van der Waals surface area contributed by atoms with E-state index in [-0.39, 0.29) is 0 Å². The molecule has 0 amide bonds. The first-order valence-corrected chi connectivity index (χ1v) is 7.06. The van der Waals surface area contributed by atoms with E-state index < -0.39 is 0 Å². The average Bonchev–Trinajstić information content (AvgIpc) is 2.77. The molecule has 18 heavy (non-hydrogen) atoms. The second-order valence-corrected chi connectivity index (χ2v) is 5.48. The van der Waals surface area contributed by atoms with Crippen LogP contribution in [0.1, 0.15) is 13.3 Å². The van der Waals surface area contributed by atoms with Crippen molar-refractivity contribution in [3.63, 3.8) is 0 Å². The summed E-state index contributed by atoms with van der Waals surface area (Å²) in [5.41, 5.74) is 2.31. The number of nitrogens with zero attached hydrogens (tertiary/aromatic N) is 1. The summed E-state index contributed by atoms with van der Waals surface area (Å²) in [6.07, 6.45) is 1.12. The third-order valence-electron chi connectivity index (χ3n) is 3.86. The van der Waals surface area contributed by atoms with Gasteiger partial charge in [-0.2, -0.15) is 0 Å². The number of rotatable bonds is 2. The maximum Gasteiger partial charge on any atom is 0.0794 e. The number of para-hydroxylation sites is 1. The molecule has 0 spiro atoms. The zero-order valence-corrected chi connectivity index (χ0v) is 11.4. The van der Waals surface area contributed by atoms with Crippen LogP contribution in [-0.4, -0.2) is 32.3 Å². The van der Waals surface area contributed by atoms with Gasteiger partial charge in [0, 0.05) is 19.0 Å². The van der Waals surface area contributed by atoms with Crippen LogP contribution >= 0.6 is 11.6 Å². The Hall–Kier alpha value is -0.930. The predicted molar refractivity (Wildman–Crippen MR) is 75.7 cm³/mol. The van der Waals surface area contributed by atoms with E-state index in [9.17, 15) is 0 Å². The lowest BCUT2D eigenvalue weighted by atomic mass is 10.0. The molecule has 0 saturated carbocycles. The summed E-state index contributed by atoms with van der Waals surface area (Å²) >= 11 is 6.41. The van der Waals surface area contributed by atoms with Crippen LogP contribution in [0.2, 0.25) is 5.02 Å². The minimum atomic E-state index is 0.457. The Bertz CT molecular complexity index is 438. The van der Waals surface area contributed by atoms with Crippen molar-refractivity contribution in [3.8, 4) is 0 Å². The van der Waals surface area contributed by atoms with Crippen LogP contribution in [0.4, 0.5) is 11.4 Å². The molecule has 2 aliphatic heterocycles. The van der Waals surface area contributed by atoms with E-state index in [0.717, 1.165) is 49.1 Å². The first kappa shape index (κ1) is 12.1. The second-order valence-electron chi connectivity index (χ2n) is 5.08. The summed E-state index contributed by atoms with van der Waals surface area (Å²) in [5, 5.41) is 4.35. The third kappa shape index (κ3) is 1.95. The largest absolute Gasteiger partial charge is 0.383 e. The number of benzene rings is 1. The van der Waals surface area contributed by atoms with Crippen molar-refractivity contribution in [3.05, 3.63) is 23.2 Å². The molecule has 1 fully saturated rings. The lowest BCUT2D eigenvalue weighted by Crippen LogP contribution is -2.41. The van der Waals surface area contributed by atoms with Crippen molar-refractivity contribution in [2.45, 2.75) is 19.4 Å². The van der Waals surface area contributed by atoms with E-state index in [2.05, 4.69) is 23.2 Å². The minimum absolute atomic E-state index is 0.457. The molecule has 0 radical (unpaired) electrons. The van der Waals surface area contributed by atoms with Gasteiger partial charge in [0.25, 0.3) is 0 Å². The molecule has 2 aliphatic rings. The van der Waals surface area contributed by atoms with Gasteiger partial charge in [-0.3, -0.25) is 0 Å². The molecule has 0 aliphatic carbocycles. The van der Waals surface area contributed by atoms with Crippen molar-refractivity contribution in [2.75, 3.05) is 36.5 Å². The maximum atomic E-state index is 6.41. The number of anilines is 2. The normalized spacial score (nSPS) is 26.2. The molecule has 0 bridgehead atoms. The first-order chi connectivity index (χ1) is 8.81. The summed E-state index contributed by atoms with van der Waals surface area (Å²) < 4.78 is 5.65. The first-order valence-electron chi connectivity index (χ1n) is 6.68. The number of fused-ring (bicyclic) bond motifs is 2. The van der Waals surface area contributed by atoms with E-state index in [4.69, 9.17) is 16.3 Å². The zero-order valence-electron chi connectivity index (χ0n) is 10.7. The molecule has 3 nitrogen and oxygen atoms in total. The van der Waals surface area contributed by atoms with Crippen molar-refractivity contribution in [2.24, 2.45) is 5.92 Å². The van der Waals surface area contributed by atoms with Crippen LogP contribution in [0.25, 0.3) is 0 Å². The molecular formula is C14H19ClN2O. The van der Waals surface area contributed by atoms with Gasteiger partial charge in [0.15, 0.2) is 0 Å². The molecule has 2 heterocycles. The lowest BCUT2D eigenvalue weighted by Gasteiger charge is -2.32. The van der Waals surface area contributed by atoms with Gasteiger partial charge < -0.3 is 15.0 Å². The number of ether oxygens (including phenoxy) is 1. The van der Waals surface area contributed by atoms with E-state index in [1.165, 1.54) is 0 Å². The number of hydrogen-bond donors (Lipinski definition) is 1. The molecule has 3 rings (SSSR count). The van der Waals surface area contributed by atoms with Gasteiger partial charge in [-0.1, -0.05) is 24.6 Å². The van der Waals surface area contributed by atoms with Gasteiger partial charge in [-0.05, 0) is 18.6 Å². The Morgan fingerprint density at radius 1 is 1.44 bits per heavy atom. The fourth-order valence-electron chi connectivity index (χ4n) is 3.00. The molecule has 1 aromatic rings. The van der Waals surface area contributed by atoms with Crippen LogP contribution in [-0.2, 0) is 4.74 Å². The van der Waals surface area contributed by atoms with Gasteiger partial charge in [0.2, 0.25) is 0 Å². The Labute approximate surface area is 113 Å². The van der Waals surface area contributed by atoms with Gasteiger partial charge in [-0.25, -0.2) is 0 Å². The number of nitrogens with one attached hydrogen (secondary N) is 1. The summed E-state index contributed by atoms with van der Waals surface area (Å²) in [4.78, 5) is 2.44. The summed E-state index contributed by atoms with van der Waals surface area (Å²) in [6.45, 7) is 5.88. The Morgan fingerprint density at radius 3 is 3.17 bits per heavy atom. The maximum absolute atomic E-state index is 6.41. The van der Waals surface area contributed by atoms with Crippen LogP contribution in [0, 0.1) is 5.92 Å². The Kier molecular flexibility index (Phi) is 3.35. The van der Waals surface area contributed by atoms with Gasteiger partial charge >= 0.3 is 0 Å². The Balaban J connectivity index is 2.04. The van der Waals surface area contributed by atoms with Gasteiger partial charge in [0.05, 0.1) is 35.7 Å². The highest BCUT2D eigenvalue weighted by Crippen LogP contribution is 2.40. The molecule has 2 unspecified atom stereocenters. The highest BCUT2D eigenvalue weighted by Gasteiger charge is 2.36. The second kappa shape index (κ2) is 4.98. The monoisotopic (exact) mass is 266 g/mol. The fourth-order valence-corrected chi connectivity index (χ4v) is 3.29. The van der Waals surface area contributed by atoms with E-state index in [0.29, 0.717) is 12.0 Å². The van der Waals surface area contributed by atoms with Crippen LogP contribution in [0.3, 0.4) is 0 Å².